The molecule has 1 aliphatic rings. The van der Waals surface area contributed by atoms with E-state index in [0.717, 1.165) is 18.4 Å². The minimum atomic E-state index is -0.187. The Morgan fingerprint density at radius 2 is 1.65 bits per heavy atom. The van der Waals surface area contributed by atoms with Crippen molar-refractivity contribution >= 4 is 17.5 Å². The second-order valence-electron chi connectivity index (χ2n) is 5.91. The molecule has 2 aromatic rings. The highest BCUT2D eigenvalue weighted by Crippen LogP contribution is 2.30. The summed E-state index contributed by atoms with van der Waals surface area (Å²) in [4.78, 5) is 24.5. The third-order valence-electron chi connectivity index (χ3n) is 4.02. The van der Waals surface area contributed by atoms with Crippen LogP contribution in [0.1, 0.15) is 41.7 Å². The van der Waals surface area contributed by atoms with Gasteiger partial charge in [-0.15, -0.1) is 0 Å². The van der Waals surface area contributed by atoms with Gasteiger partial charge in [-0.3, -0.25) is 9.59 Å². The maximum atomic E-state index is 12.6. The summed E-state index contributed by atoms with van der Waals surface area (Å²) in [5, 5.41) is 5.85. The van der Waals surface area contributed by atoms with Crippen LogP contribution in [0.15, 0.2) is 54.6 Å². The maximum absolute atomic E-state index is 12.6. The lowest BCUT2D eigenvalue weighted by Gasteiger charge is -2.16. The molecule has 0 aliphatic heterocycles. The molecule has 0 saturated heterocycles. The molecular weight excluding hydrogens is 288 g/mol. The van der Waals surface area contributed by atoms with Crippen molar-refractivity contribution in [1.82, 2.24) is 5.32 Å². The Morgan fingerprint density at radius 3 is 2.35 bits per heavy atom. The first kappa shape index (κ1) is 15.3. The smallest absolute Gasteiger partial charge is 0.253 e. The Morgan fingerprint density at radius 1 is 1.00 bits per heavy atom. The molecular formula is C19H20N2O2. The van der Waals surface area contributed by atoms with Crippen molar-refractivity contribution in [2.75, 3.05) is 5.32 Å². The van der Waals surface area contributed by atoms with Gasteiger partial charge >= 0.3 is 0 Å². The fraction of sp³-hybridized carbons (Fsp3) is 0.263. The van der Waals surface area contributed by atoms with E-state index in [0.29, 0.717) is 11.3 Å². The molecule has 0 radical (unpaired) electrons. The molecule has 2 amide bonds. The number of carbonyl (C=O) groups excluding carboxylic acids is 2. The van der Waals surface area contributed by atoms with Crippen LogP contribution in [0.3, 0.4) is 0 Å². The monoisotopic (exact) mass is 308 g/mol. The zero-order valence-corrected chi connectivity index (χ0v) is 13.1. The van der Waals surface area contributed by atoms with Crippen LogP contribution in [0.5, 0.6) is 0 Å². The summed E-state index contributed by atoms with van der Waals surface area (Å²) < 4.78 is 0. The number of rotatable bonds is 5. The first-order valence-corrected chi connectivity index (χ1v) is 7.91. The summed E-state index contributed by atoms with van der Waals surface area (Å²) in [6.45, 7) is 1.94. The first-order valence-electron chi connectivity index (χ1n) is 7.91. The van der Waals surface area contributed by atoms with Crippen LogP contribution in [0, 0.1) is 5.92 Å². The second kappa shape index (κ2) is 6.65. The predicted molar refractivity (Wildman–Crippen MR) is 90.1 cm³/mol. The Balaban J connectivity index is 1.73. The Hall–Kier alpha value is -2.62. The minimum absolute atomic E-state index is 0.00126. The van der Waals surface area contributed by atoms with Crippen molar-refractivity contribution in [1.29, 1.82) is 0 Å². The normalized spacial score (nSPS) is 14.8. The van der Waals surface area contributed by atoms with E-state index in [-0.39, 0.29) is 23.8 Å². The van der Waals surface area contributed by atoms with Gasteiger partial charge in [0.1, 0.15) is 0 Å². The summed E-state index contributed by atoms with van der Waals surface area (Å²) >= 11 is 0. The maximum Gasteiger partial charge on any atom is 0.253 e. The third-order valence-corrected chi connectivity index (χ3v) is 4.02. The number of amides is 2. The summed E-state index contributed by atoms with van der Waals surface area (Å²) in [7, 11) is 0. The average molecular weight is 308 g/mol. The van der Waals surface area contributed by atoms with Gasteiger partial charge in [-0.25, -0.2) is 0 Å². The van der Waals surface area contributed by atoms with Crippen molar-refractivity contribution in [3.8, 4) is 0 Å². The van der Waals surface area contributed by atoms with Gasteiger partial charge in [0.05, 0.1) is 17.3 Å². The van der Waals surface area contributed by atoms with Crippen LogP contribution in [0.25, 0.3) is 0 Å². The van der Waals surface area contributed by atoms with Gasteiger partial charge in [0, 0.05) is 5.92 Å². The fourth-order valence-electron chi connectivity index (χ4n) is 2.47. The molecule has 1 unspecified atom stereocenters. The van der Waals surface area contributed by atoms with Crippen LogP contribution in [0.2, 0.25) is 0 Å². The molecule has 2 aromatic carbocycles. The number of anilines is 1. The van der Waals surface area contributed by atoms with Gasteiger partial charge in [-0.2, -0.15) is 0 Å². The van der Waals surface area contributed by atoms with E-state index in [9.17, 15) is 9.59 Å². The SMILES string of the molecule is CC(NC(=O)c1ccccc1NC(=O)C1CC1)c1ccccc1. The van der Waals surface area contributed by atoms with Gasteiger partial charge in [-0.05, 0) is 37.5 Å². The quantitative estimate of drug-likeness (QED) is 0.888. The highest BCUT2D eigenvalue weighted by Gasteiger charge is 2.30. The Kier molecular flexibility index (Phi) is 4.42. The molecule has 2 N–H and O–H groups in total. The van der Waals surface area contributed by atoms with Crippen molar-refractivity contribution in [3.05, 3.63) is 65.7 Å². The van der Waals surface area contributed by atoms with E-state index < -0.39 is 0 Å². The van der Waals surface area contributed by atoms with E-state index in [4.69, 9.17) is 0 Å². The van der Waals surface area contributed by atoms with Crippen LogP contribution < -0.4 is 10.6 Å². The molecule has 1 saturated carbocycles. The zero-order chi connectivity index (χ0) is 16.2. The summed E-state index contributed by atoms with van der Waals surface area (Å²) in [6, 6.07) is 16.8. The number of carbonyl (C=O) groups is 2. The van der Waals surface area contributed by atoms with Gasteiger partial charge in [-0.1, -0.05) is 42.5 Å². The molecule has 118 valence electrons. The van der Waals surface area contributed by atoms with E-state index in [1.165, 1.54) is 0 Å². The Bertz CT molecular complexity index is 708. The number of hydrogen-bond acceptors (Lipinski definition) is 2. The van der Waals surface area contributed by atoms with Crippen LogP contribution in [-0.2, 0) is 4.79 Å². The van der Waals surface area contributed by atoms with Crippen molar-refractivity contribution in [2.24, 2.45) is 5.92 Å². The molecule has 0 spiro atoms. The molecule has 0 aromatic heterocycles. The largest absolute Gasteiger partial charge is 0.345 e. The number of hydrogen-bond donors (Lipinski definition) is 2. The van der Waals surface area contributed by atoms with E-state index in [2.05, 4.69) is 10.6 Å². The minimum Gasteiger partial charge on any atom is -0.345 e. The molecule has 23 heavy (non-hydrogen) atoms. The average Bonchev–Trinajstić information content (AvgIpc) is 3.41. The number of para-hydroxylation sites is 1. The molecule has 1 atom stereocenters. The standard InChI is InChI=1S/C19H20N2O2/c1-13(14-7-3-2-4-8-14)20-19(23)16-9-5-6-10-17(16)21-18(22)15-11-12-15/h2-10,13,15H,11-12H2,1H3,(H,20,23)(H,21,22). The summed E-state index contributed by atoms with van der Waals surface area (Å²) in [5.74, 6) is -0.0798. The number of nitrogens with one attached hydrogen (secondary N) is 2. The molecule has 0 heterocycles. The van der Waals surface area contributed by atoms with Gasteiger partial charge in [0.2, 0.25) is 5.91 Å². The Labute approximate surface area is 135 Å². The van der Waals surface area contributed by atoms with Crippen LogP contribution >= 0.6 is 0 Å². The van der Waals surface area contributed by atoms with Crippen molar-refractivity contribution < 1.29 is 9.59 Å². The van der Waals surface area contributed by atoms with E-state index in [1.54, 1.807) is 18.2 Å². The lowest BCUT2D eigenvalue weighted by molar-refractivity contribution is -0.117. The third kappa shape index (κ3) is 3.77. The van der Waals surface area contributed by atoms with Crippen molar-refractivity contribution in [2.45, 2.75) is 25.8 Å². The van der Waals surface area contributed by atoms with Gasteiger partial charge in [0.25, 0.3) is 5.91 Å². The second-order valence-corrected chi connectivity index (χ2v) is 5.91. The number of benzene rings is 2. The molecule has 3 rings (SSSR count). The van der Waals surface area contributed by atoms with E-state index >= 15 is 0 Å². The molecule has 1 fully saturated rings. The summed E-state index contributed by atoms with van der Waals surface area (Å²) in [6.07, 6.45) is 1.87. The lowest BCUT2D eigenvalue weighted by Crippen LogP contribution is -2.28. The van der Waals surface area contributed by atoms with Crippen LogP contribution in [0.4, 0.5) is 5.69 Å². The molecule has 4 heteroatoms. The molecule has 0 bridgehead atoms. The predicted octanol–water partition coefficient (Wildman–Crippen LogP) is 3.53. The highest BCUT2D eigenvalue weighted by molar-refractivity contribution is 6.04. The van der Waals surface area contributed by atoms with Gasteiger partial charge in [0.15, 0.2) is 0 Å². The highest BCUT2D eigenvalue weighted by atomic mass is 16.2. The molecule has 1 aliphatic carbocycles. The fourth-order valence-corrected chi connectivity index (χ4v) is 2.47. The van der Waals surface area contributed by atoms with Crippen molar-refractivity contribution in [3.63, 3.8) is 0 Å². The van der Waals surface area contributed by atoms with Gasteiger partial charge < -0.3 is 10.6 Å². The van der Waals surface area contributed by atoms with Crippen LogP contribution in [-0.4, -0.2) is 11.8 Å². The lowest BCUT2D eigenvalue weighted by atomic mass is 10.1. The van der Waals surface area contributed by atoms with E-state index in [1.807, 2.05) is 43.3 Å². The molecule has 4 nitrogen and oxygen atoms in total. The zero-order valence-electron chi connectivity index (χ0n) is 13.1. The first-order chi connectivity index (χ1) is 11.1. The topological polar surface area (TPSA) is 58.2 Å². The summed E-state index contributed by atoms with van der Waals surface area (Å²) in [5.41, 5.74) is 2.10.